The van der Waals surface area contributed by atoms with E-state index >= 15 is 0 Å². The van der Waals surface area contributed by atoms with Crippen LogP contribution in [0.3, 0.4) is 0 Å². The molecule has 0 spiro atoms. The van der Waals surface area contributed by atoms with Gasteiger partial charge in [-0.2, -0.15) is 0 Å². The van der Waals surface area contributed by atoms with Crippen molar-refractivity contribution in [3.63, 3.8) is 0 Å². The van der Waals surface area contributed by atoms with Gasteiger partial charge in [0.15, 0.2) is 5.54 Å². The highest BCUT2D eigenvalue weighted by Crippen LogP contribution is 2.32. The van der Waals surface area contributed by atoms with Crippen LogP contribution in [0.2, 0.25) is 0 Å². The predicted octanol–water partition coefficient (Wildman–Crippen LogP) is 3.48. The number of nitrogens with zero attached hydrogens (tertiary/aromatic N) is 1. The number of hydrogen-bond donors (Lipinski definition) is 3. The van der Waals surface area contributed by atoms with E-state index in [1.54, 1.807) is 26.2 Å². The van der Waals surface area contributed by atoms with Gasteiger partial charge in [0.1, 0.15) is 18.1 Å². The Morgan fingerprint density at radius 2 is 1.89 bits per heavy atom. The number of urea groups is 1. The number of imide groups is 1. The lowest BCUT2D eigenvalue weighted by atomic mass is 9.90. The maximum atomic E-state index is 13.0. The molecular formula is C27H26N4O5. The molecule has 0 radical (unpaired) electrons. The summed E-state index contributed by atoms with van der Waals surface area (Å²) < 4.78 is 10.6. The van der Waals surface area contributed by atoms with E-state index in [4.69, 9.17) is 9.15 Å². The van der Waals surface area contributed by atoms with Crippen molar-refractivity contribution in [2.24, 2.45) is 0 Å². The van der Waals surface area contributed by atoms with E-state index in [-0.39, 0.29) is 12.5 Å². The van der Waals surface area contributed by atoms with Crippen LogP contribution in [0.5, 0.6) is 5.75 Å². The summed E-state index contributed by atoms with van der Waals surface area (Å²) in [5, 5.41) is 6.59. The molecule has 4 aromatic rings. The van der Waals surface area contributed by atoms with Crippen LogP contribution in [0.1, 0.15) is 29.7 Å². The Kier molecular flexibility index (Phi) is 5.97. The van der Waals surface area contributed by atoms with Crippen molar-refractivity contribution in [3.05, 3.63) is 90.0 Å². The molecule has 0 saturated carbocycles. The Balaban J connectivity index is 1.34. The van der Waals surface area contributed by atoms with Gasteiger partial charge in [0.2, 0.25) is 5.91 Å². The van der Waals surface area contributed by atoms with Crippen LogP contribution in [-0.2, 0) is 15.1 Å². The molecule has 9 nitrogen and oxygen atoms in total. The molecule has 1 saturated heterocycles. The number of ether oxygens (including phenoxy) is 1. The number of aromatic nitrogens is 1. The van der Waals surface area contributed by atoms with E-state index in [1.165, 1.54) is 6.26 Å². The van der Waals surface area contributed by atoms with Crippen LogP contribution in [0.4, 0.5) is 4.79 Å². The molecule has 0 bridgehead atoms. The molecule has 1 aliphatic rings. The van der Waals surface area contributed by atoms with E-state index in [2.05, 4.69) is 15.6 Å². The second-order valence-corrected chi connectivity index (χ2v) is 8.84. The van der Waals surface area contributed by atoms with Crippen LogP contribution >= 0.6 is 0 Å². The smallest absolute Gasteiger partial charge is 0.325 e. The van der Waals surface area contributed by atoms with Crippen molar-refractivity contribution in [2.45, 2.75) is 18.4 Å². The molecule has 1 fully saturated rings. The monoisotopic (exact) mass is 486 g/mol. The molecule has 3 heterocycles. The van der Waals surface area contributed by atoms with Gasteiger partial charge in [0, 0.05) is 29.6 Å². The van der Waals surface area contributed by atoms with Crippen LogP contribution in [0.15, 0.2) is 77.5 Å². The summed E-state index contributed by atoms with van der Waals surface area (Å²) in [6, 6.07) is 18.2. The fraction of sp³-hybridized carbons (Fsp3) is 0.222. The zero-order chi connectivity index (χ0) is 25.3. The Bertz CT molecular complexity index is 1410. The van der Waals surface area contributed by atoms with Gasteiger partial charge in [-0.15, -0.1) is 0 Å². The zero-order valence-electron chi connectivity index (χ0n) is 19.9. The highest BCUT2D eigenvalue weighted by atomic mass is 16.5. The Morgan fingerprint density at radius 3 is 2.61 bits per heavy atom. The molecule has 2 aromatic heterocycles. The van der Waals surface area contributed by atoms with Gasteiger partial charge in [-0.25, -0.2) is 4.79 Å². The largest absolute Gasteiger partial charge is 0.497 e. The van der Waals surface area contributed by atoms with E-state index in [0.29, 0.717) is 5.76 Å². The van der Waals surface area contributed by atoms with Gasteiger partial charge < -0.3 is 24.8 Å². The summed E-state index contributed by atoms with van der Waals surface area (Å²) in [5.74, 6) is -0.115. The first kappa shape index (κ1) is 23.2. The number of para-hydroxylation sites is 1. The molecule has 2 aromatic carbocycles. The van der Waals surface area contributed by atoms with Gasteiger partial charge in [0.05, 0.1) is 13.4 Å². The Hall–Kier alpha value is -4.53. The number of rotatable bonds is 8. The number of carbonyl (C=O) groups excluding carboxylic acids is 3. The quantitative estimate of drug-likeness (QED) is 0.330. The first-order chi connectivity index (χ1) is 17.4. The Labute approximate surface area is 207 Å². The molecule has 0 unspecified atom stereocenters. The molecule has 2 atom stereocenters. The maximum absolute atomic E-state index is 13.0. The zero-order valence-corrected chi connectivity index (χ0v) is 19.9. The molecule has 4 amide bonds. The van der Waals surface area contributed by atoms with Crippen molar-refractivity contribution in [1.82, 2.24) is 20.5 Å². The topological polar surface area (TPSA) is 117 Å². The fourth-order valence-corrected chi connectivity index (χ4v) is 4.61. The maximum Gasteiger partial charge on any atom is 0.325 e. The third-order valence-electron chi connectivity index (χ3n) is 6.61. The highest BCUT2D eigenvalue weighted by molar-refractivity contribution is 6.08. The van der Waals surface area contributed by atoms with E-state index in [9.17, 15) is 14.4 Å². The molecule has 0 aliphatic carbocycles. The normalized spacial score (nSPS) is 18.3. The van der Waals surface area contributed by atoms with E-state index < -0.39 is 29.9 Å². The number of methoxy groups -OCH3 is 1. The van der Waals surface area contributed by atoms with Crippen LogP contribution in [-0.4, -0.2) is 47.9 Å². The predicted molar refractivity (Wildman–Crippen MR) is 132 cm³/mol. The molecular weight excluding hydrogens is 460 g/mol. The number of benzene rings is 2. The van der Waals surface area contributed by atoms with Crippen molar-refractivity contribution >= 4 is 28.7 Å². The minimum atomic E-state index is -1.35. The van der Waals surface area contributed by atoms with Crippen molar-refractivity contribution < 1.29 is 23.5 Å². The average Bonchev–Trinajstić information content (AvgIpc) is 3.62. The first-order valence-corrected chi connectivity index (χ1v) is 11.6. The average molecular weight is 487 g/mol. The SMILES string of the molecule is COc1ccc([C@H](CNC(=O)CN2C(=O)N[C@@](C)(c3ccco3)C2=O)c2c[nH]c3ccccc23)cc1. The lowest BCUT2D eigenvalue weighted by Gasteiger charge is -2.20. The molecule has 3 N–H and O–H groups in total. The van der Waals surface area contributed by atoms with Crippen molar-refractivity contribution in [1.29, 1.82) is 0 Å². The summed E-state index contributed by atoms with van der Waals surface area (Å²) in [6.45, 7) is 1.43. The number of fused-ring (bicyclic) bond motifs is 1. The second-order valence-electron chi connectivity index (χ2n) is 8.84. The number of nitrogens with one attached hydrogen (secondary N) is 3. The number of carbonyl (C=O) groups is 3. The number of aromatic amines is 1. The molecule has 184 valence electrons. The van der Waals surface area contributed by atoms with Gasteiger partial charge in [-0.05, 0) is 48.4 Å². The first-order valence-electron chi connectivity index (χ1n) is 11.6. The summed E-state index contributed by atoms with van der Waals surface area (Å²) in [5.41, 5.74) is 1.66. The van der Waals surface area contributed by atoms with Gasteiger partial charge >= 0.3 is 6.03 Å². The molecule has 9 heteroatoms. The minimum absolute atomic E-state index is 0.174. The van der Waals surface area contributed by atoms with Gasteiger partial charge in [0.25, 0.3) is 5.91 Å². The number of H-pyrrole nitrogens is 1. The highest BCUT2D eigenvalue weighted by Gasteiger charge is 2.51. The van der Waals surface area contributed by atoms with Crippen LogP contribution < -0.4 is 15.4 Å². The van der Waals surface area contributed by atoms with Gasteiger partial charge in [-0.1, -0.05) is 30.3 Å². The lowest BCUT2D eigenvalue weighted by Crippen LogP contribution is -2.43. The fourth-order valence-electron chi connectivity index (χ4n) is 4.61. The third-order valence-corrected chi connectivity index (χ3v) is 6.61. The molecule has 36 heavy (non-hydrogen) atoms. The number of hydrogen-bond acceptors (Lipinski definition) is 5. The minimum Gasteiger partial charge on any atom is -0.497 e. The Morgan fingerprint density at radius 1 is 1.11 bits per heavy atom. The van der Waals surface area contributed by atoms with Crippen molar-refractivity contribution in [3.8, 4) is 5.75 Å². The summed E-state index contributed by atoms with van der Waals surface area (Å²) in [7, 11) is 1.61. The summed E-state index contributed by atoms with van der Waals surface area (Å²) in [4.78, 5) is 42.7. The standard InChI is InChI=1S/C27H26N4O5/c1-27(23-8-5-13-36-23)25(33)31(26(34)30-27)16-24(32)29-14-20(17-9-11-18(35-2)12-10-17)21-15-28-22-7-4-3-6-19(21)22/h3-13,15,20,28H,14,16H2,1-2H3,(H,29,32)(H,30,34)/t20-,27-/m0/s1. The van der Waals surface area contributed by atoms with E-state index in [1.807, 2.05) is 54.7 Å². The number of amides is 4. The lowest BCUT2D eigenvalue weighted by molar-refractivity contribution is -0.135. The summed E-state index contributed by atoms with van der Waals surface area (Å²) in [6.07, 6.45) is 3.37. The number of furan rings is 1. The molecule has 1 aliphatic heterocycles. The summed E-state index contributed by atoms with van der Waals surface area (Å²) >= 11 is 0. The molecule has 5 rings (SSSR count). The van der Waals surface area contributed by atoms with Crippen LogP contribution in [0.25, 0.3) is 10.9 Å². The second kappa shape index (κ2) is 9.26. The van der Waals surface area contributed by atoms with E-state index in [0.717, 1.165) is 32.7 Å². The third kappa shape index (κ3) is 4.08. The van der Waals surface area contributed by atoms with Crippen LogP contribution in [0, 0.1) is 0 Å². The van der Waals surface area contributed by atoms with Gasteiger partial charge in [-0.3, -0.25) is 14.5 Å². The van der Waals surface area contributed by atoms with Crippen molar-refractivity contribution in [2.75, 3.05) is 20.2 Å².